The number of nitrogens with zero attached hydrogens (tertiary/aromatic N) is 2. The molecule has 0 aliphatic carbocycles. The second-order valence-corrected chi connectivity index (χ2v) is 13.6. The van der Waals surface area contributed by atoms with Crippen molar-refractivity contribution in [2.24, 2.45) is 0 Å². The Bertz CT molecular complexity index is 1380. The van der Waals surface area contributed by atoms with E-state index in [0.717, 1.165) is 17.2 Å². The number of aromatic nitrogens is 1. The molecule has 58 heavy (non-hydrogen) atoms. The monoisotopic (exact) mass is 846 g/mol. The molecule has 25 nitrogen and oxygen atoms in total. The number of likely N-dealkylation sites (N-methyl/N-ethyl adjacent to an activating group) is 1. The fraction of sp³-hybridized carbons (Fsp3) is 0.818. The van der Waals surface area contributed by atoms with E-state index in [2.05, 4.69) is 0 Å². The van der Waals surface area contributed by atoms with Gasteiger partial charge in [-0.25, -0.2) is 4.79 Å². The Morgan fingerprint density at radius 1 is 0.638 bits per heavy atom. The van der Waals surface area contributed by atoms with Crippen molar-refractivity contribution in [2.75, 3.05) is 53.3 Å². The SMILES string of the molecule is CN(OCCOCCOC(=O)CCCCC(=O)On1c(O)ccc1O)C1OC(CO)C(OC2OC(CO)C(O)C(OC3OC(CO)C(O)C(O)C3O)C2O)C(O)C1O. The fourth-order valence-electron chi connectivity index (χ4n) is 6.24. The van der Waals surface area contributed by atoms with E-state index in [-0.39, 0.29) is 45.7 Å². The van der Waals surface area contributed by atoms with Crippen LogP contribution in [0.15, 0.2) is 12.1 Å². The van der Waals surface area contributed by atoms with Crippen molar-refractivity contribution < 1.29 is 114 Å². The second kappa shape index (κ2) is 22.6. The molecule has 0 bridgehead atoms. The van der Waals surface area contributed by atoms with Crippen molar-refractivity contribution in [1.29, 1.82) is 0 Å². The predicted octanol–water partition coefficient (Wildman–Crippen LogP) is -6.71. The van der Waals surface area contributed by atoms with Crippen molar-refractivity contribution in [3.8, 4) is 11.8 Å². The molecule has 12 N–H and O–H groups in total. The number of carbonyl (C=O) groups excluding carboxylic acids is 2. The van der Waals surface area contributed by atoms with Crippen LogP contribution in [0.1, 0.15) is 25.7 Å². The van der Waals surface area contributed by atoms with E-state index in [1.807, 2.05) is 0 Å². The third kappa shape index (κ3) is 12.1. The van der Waals surface area contributed by atoms with Crippen LogP contribution >= 0.6 is 0 Å². The zero-order valence-corrected chi connectivity index (χ0v) is 31.3. The highest BCUT2D eigenvalue weighted by molar-refractivity contribution is 5.71. The molecule has 3 saturated heterocycles. The van der Waals surface area contributed by atoms with Crippen LogP contribution in [-0.2, 0) is 47.6 Å². The van der Waals surface area contributed by atoms with E-state index >= 15 is 0 Å². The number of unbranched alkanes of at least 4 members (excludes halogenated alkanes) is 1. The van der Waals surface area contributed by atoms with Crippen LogP contribution in [0.5, 0.6) is 11.8 Å². The summed E-state index contributed by atoms with van der Waals surface area (Å²) >= 11 is 0. The summed E-state index contributed by atoms with van der Waals surface area (Å²) in [7, 11) is 1.36. The van der Waals surface area contributed by atoms with Gasteiger partial charge in [-0.05, 0) is 12.8 Å². The Hall–Kier alpha value is -2.90. The molecule has 0 saturated carbocycles. The fourth-order valence-corrected chi connectivity index (χ4v) is 6.24. The number of ether oxygens (including phenoxy) is 7. The molecule has 3 fully saturated rings. The van der Waals surface area contributed by atoms with Gasteiger partial charge < -0.3 is 99.3 Å². The standard InChI is InChI=1S/C33H54N2O23/c1-34(52-11-9-50-8-10-51-20(41)4-2-3-5-21(42)58-35-18(39)6-7-19(35)40)31-26(47)25(46)29(17(14-38)53-31)56-33-28(49)30(23(44)16(13-37)55-33)57-32-27(48)24(45)22(43)15(12-36)54-32/h6-7,15-17,22-33,36-40,43-49H,2-5,8-14H2,1H3. The lowest BCUT2D eigenvalue weighted by molar-refractivity contribution is -0.383. The Morgan fingerprint density at radius 3 is 1.81 bits per heavy atom. The van der Waals surface area contributed by atoms with Gasteiger partial charge in [0, 0.05) is 32.0 Å². The largest absolute Gasteiger partial charge is 0.492 e. The van der Waals surface area contributed by atoms with Gasteiger partial charge in [-0.1, -0.05) is 0 Å². The highest BCUT2D eigenvalue weighted by atomic mass is 16.8. The number of hydroxylamine groups is 2. The average Bonchev–Trinajstić information content (AvgIpc) is 3.52. The molecule has 4 rings (SSSR count). The molecule has 0 spiro atoms. The number of aliphatic hydroxyl groups excluding tert-OH is 10. The summed E-state index contributed by atoms with van der Waals surface area (Å²) in [4.78, 5) is 34.1. The summed E-state index contributed by atoms with van der Waals surface area (Å²) in [5.41, 5.74) is 0. The molecule has 1 aromatic heterocycles. The van der Waals surface area contributed by atoms with Crippen LogP contribution < -0.4 is 4.84 Å². The van der Waals surface area contributed by atoms with Crippen molar-refractivity contribution in [3.05, 3.63) is 12.1 Å². The molecule has 3 aliphatic heterocycles. The molecular formula is C33H54N2O23. The molecule has 25 heteroatoms. The maximum Gasteiger partial charge on any atom is 0.333 e. The van der Waals surface area contributed by atoms with E-state index in [0.29, 0.717) is 11.2 Å². The highest BCUT2D eigenvalue weighted by Crippen LogP contribution is 2.33. The van der Waals surface area contributed by atoms with Gasteiger partial charge in [0.15, 0.2) is 18.8 Å². The Kier molecular flexibility index (Phi) is 18.6. The first kappa shape index (κ1) is 47.8. The molecular weight excluding hydrogens is 792 g/mol. The Labute approximate surface area is 330 Å². The molecule has 0 aromatic carbocycles. The van der Waals surface area contributed by atoms with Crippen LogP contribution in [0.3, 0.4) is 0 Å². The normalized spacial score (nSPS) is 35.6. The van der Waals surface area contributed by atoms with E-state index < -0.39 is 136 Å². The zero-order valence-electron chi connectivity index (χ0n) is 31.3. The zero-order chi connectivity index (χ0) is 42.7. The molecule has 334 valence electrons. The molecule has 1 aromatic rings. The van der Waals surface area contributed by atoms with Gasteiger partial charge in [-0.2, -0.15) is 5.06 Å². The maximum atomic E-state index is 12.0. The van der Waals surface area contributed by atoms with Crippen LogP contribution in [0.25, 0.3) is 0 Å². The van der Waals surface area contributed by atoms with Crippen LogP contribution in [0.2, 0.25) is 0 Å². The number of esters is 1. The van der Waals surface area contributed by atoms with Crippen LogP contribution in [0, 0.1) is 0 Å². The molecule has 15 atom stereocenters. The van der Waals surface area contributed by atoms with Gasteiger partial charge in [-0.15, -0.1) is 4.73 Å². The van der Waals surface area contributed by atoms with Crippen LogP contribution in [0.4, 0.5) is 0 Å². The summed E-state index contributed by atoms with van der Waals surface area (Å²) in [5, 5.41) is 124. The quantitative estimate of drug-likeness (QED) is 0.0311. The second-order valence-electron chi connectivity index (χ2n) is 13.6. The summed E-state index contributed by atoms with van der Waals surface area (Å²) < 4.78 is 38.8. The summed E-state index contributed by atoms with van der Waals surface area (Å²) in [6, 6.07) is 2.28. The first-order valence-electron chi connectivity index (χ1n) is 18.4. The molecule has 0 radical (unpaired) electrons. The highest BCUT2D eigenvalue weighted by Gasteiger charge is 2.54. The summed E-state index contributed by atoms with van der Waals surface area (Å²) in [6.45, 7) is -2.64. The van der Waals surface area contributed by atoms with Crippen LogP contribution in [-0.4, -0.2) is 228 Å². The maximum absolute atomic E-state index is 12.0. The van der Waals surface area contributed by atoms with Gasteiger partial charge >= 0.3 is 11.9 Å². The molecule has 3 aliphatic rings. The first-order valence-corrected chi connectivity index (χ1v) is 18.4. The molecule has 15 unspecified atom stereocenters. The lowest BCUT2D eigenvalue weighted by atomic mass is 9.95. The average molecular weight is 847 g/mol. The smallest absolute Gasteiger partial charge is 0.333 e. The van der Waals surface area contributed by atoms with E-state index in [4.69, 9.17) is 42.8 Å². The van der Waals surface area contributed by atoms with E-state index in [1.165, 1.54) is 7.05 Å². The number of hydrogen-bond acceptors (Lipinski definition) is 24. The number of rotatable bonds is 21. The number of aliphatic hydroxyl groups is 10. The minimum atomic E-state index is -1.96. The topological polar surface area (TPSA) is 368 Å². The Morgan fingerprint density at radius 2 is 1.19 bits per heavy atom. The number of hydrogen-bond donors (Lipinski definition) is 12. The van der Waals surface area contributed by atoms with Gasteiger partial charge in [0.05, 0.1) is 39.6 Å². The van der Waals surface area contributed by atoms with Gasteiger partial charge in [0.2, 0.25) is 11.8 Å². The first-order chi connectivity index (χ1) is 27.6. The summed E-state index contributed by atoms with van der Waals surface area (Å²) in [6.07, 6.45) is -25.0. The van der Waals surface area contributed by atoms with Crippen molar-refractivity contribution in [1.82, 2.24) is 9.79 Å². The Balaban J connectivity index is 1.17. The molecule has 0 amide bonds. The number of carbonyl (C=O) groups is 2. The third-order valence-electron chi connectivity index (χ3n) is 9.47. The third-order valence-corrected chi connectivity index (χ3v) is 9.47. The van der Waals surface area contributed by atoms with E-state index in [1.54, 1.807) is 0 Å². The lowest BCUT2D eigenvalue weighted by Gasteiger charge is -2.48. The van der Waals surface area contributed by atoms with Crippen molar-refractivity contribution >= 4 is 11.9 Å². The van der Waals surface area contributed by atoms with Crippen molar-refractivity contribution in [3.63, 3.8) is 0 Å². The van der Waals surface area contributed by atoms with Gasteiger partial charge in [-0.3, -0.25) is 9.63 Å². The molecule has 4 heterocycles. The summed E-state index contributed by atoms with van der Waals surface area (Å²) in [5.74, 6) is -2.17. The predicted molar refractivity (Wildman–Crippen MR) is 182 cm³/mol. The minimum absolute atomic E-state index is 0.000455. The van der Waals surface area contributed by atoms with Crippen molar-refractivity contribution in [2.45, 2.75) is 118 Å². The van der Waals surface area contributed by atoms with E-state index in [9.17, 15) is 70.9 Å². The van der Waals surface area contributed by atoms with Gasteiger partial charge in [0.25, 0.3) is 0 Å². The lowest BCUT2D eigenvalue weighted by Crippen LogP contribution is -2.67. The minimum Gasteiger partial charge on any atom is -0.492 e. The van der Waals surface area contributed by atoms with Gasteiger partial charge in [0.1, 0.15) is 79.9 Å². The number of aromatic hydroxyl groups is 2.